The second-order valence-corrected chi connectivity index (χ2v) is 4.68. The number of nitrogens with zero attached hydrogens (tertiary/aromatic N) is 1. The zero-order valence-corrected chi connectivity index (χ0v) is 11.1. The normalized spacial score (nSPS) is 11.2. The summed E-state index contributed by atoms with van der Waals surface area (Å²) in [5.41, 5.74) is 1.38. The summed E-state index contributed by atoms with van der Waals surface area (Å²) in [7, 11) is 0. The number of nitrogen functional groups attached to an aromatic ring is 1. The van der Waals surface area contributed by atoms with Crippen LogP contribution in [0.2, 0.25) is 0 Å². The number of nitrogens with one attached hydrogen (secondary N) is 1. The van der Waals surface area contributed by atoms with E-state index in [0.717, 1.165) is 6.39 Å². The minimum Gasteiger partial charge on any atom is -0.458 e. The lowest BCUT2D eigenvalue weighted by Crippen LogP contribution is -2.31. The van der Waals surface area contributed by atoms with Gasteiger partial charge in [0.15, 0.2) is 17.8 Å². The molecule has 106 valence electrons. The molecule has 0 saturated heterocycles. The predicted octanol–water partition coefficient (Wildman–Crippen LogP) is 0.136. The van der Waals surface area contributed by atoms with Gasteiger partial charge in [0.2, 0.25) is 0 Å². The van der Waals surface area contributed by atoms with E-state index in [1.54, 1.807) is 20.8 Å². The fraction of sp³-hybridized carbons (Fsp3) is 0.545. The molecule has 0 fully saturated rings. The molecule has 1 aromatic heterocycles. The van der Waals surface area contributed by atoms with Crippen LogP contribution in [-0.2, 0) is 20.9 Å². The SMILES string of the molecule is CC(C)(C)OC(=O)COCc1ocnc1C(=O)NN. The minimum absolute atomic E-state index is 0.0201. The van der Waals surface area contributed by atoms with Gasteiger partial charge in [-0.15, -0.1) is 0 Å². The number of hydrogen-bond acceptors (Lipinski definition) is 7. The maximum atomic E-state index is 11.4. The number of hydrazine groups is 1. The number of aromatic nitrogens is 1. The summed E-state index contributed by atoms with van der Waals surface area (Å²) in [6.07, 6.45) is 1.09. The Kier molecular flexibility index (Phi) is 5.02. The maximum absolute atomic E-state index is 11.4. The van der Waals surface area contributed by atoms with Gasteiger partial charge in [0, 0.05) is 0 Å². The Labute approximate surface area is 110 Å². The van der Waals surface area contributed by atoms with Crippen LogP contribution in [0.25, 0.3) is 0 Å². The monoisotopic (exact) mass is 271 g/mol. The van der Waals surface area contributed by atoms with Crippen molar-refractivity contribution in [1.29, 1.82) is 0 Å². The zero-order valence-electron chi connectivity index (χ0n) is 11.1. The molecule has 0 bridgehead atoms. The van der Waals surface area contributed by atoms with E-state index >= 15 is 0 Å². The van der Waals surface area contributed by atoms with Crippen LogP contribution in [-0.4, -0.2) is 29.1 Å². The highest BCUT2D eigenvalue weighted by Crippen LogP contribution is 2.10. The van der Waals surface area contributed by atoms with E-state index in [2.05, 4.69) is 4.98 Å². The molecule has 0 aromatic carbocycles. The molecular formula is C11H17N3O5. The summed E-state index contributed by atoms with van der Waals surface area (Å²) in [6, 6.07) is 0. The third-order valence-electron chi connectivity index (χ3n) is 1.86. The van der Waals surface area contributed by atoms with Crippen LogP contribution in [0, 0.1) is 0 Å². The van der Waals surface area contributed by atoms with Gasteiger partial charge in [-0.05, 0) is 20.8 Å². The van der Waals surface area contributed by atoms with E-state index in [1.807, 2.05) is 5.43 Å². The van der Waals surface area contributed by atoms with Crippen LogP contribution in [0.4, 0.5) is 0 Å². The zero-order chi connectivity index (χ0) is 14.5. The van der Waals surface area contributed by atoms with E-state index in [0.29, 0.717) is 0 Å². The Hall–Kier alpha value is -1.93. The van der Waals surface area contributed by atoms with Gasteiger partial charge in [-0.1, -0.05) is 0 Å². The average Bonchev–Trinajstić information content (AvgIpc) is 2.74. The molecule has 0 aliphatic heterocycles. The number of oxazole rings is 1. The second-order valence-electron chi connectivity index (χ2n) is 4.68. The Morgan fingerprint density at radius 2 is 2.16 bits per heavy atom. The predicted molar refractivity (Wildman–Crippen MR) is 63.7 cm³/mol. The molecule has 0 spiro atoms. The molecule has 19 heavy (non-hydrogen) atoms. The number of ether oxygens (including phenoxy) is 2. The molecule has 1 heterocycles. The highest BCUT2D eigenvalue weighted by molar-refractivity contribution is 5.92. The van der Waals surface area contributed by atoms with Gasteiger partial charge in [0.1, 0.15) is 18.8 Å². The Morgan fingerprint density at radius 1 is 1.47 bits per heavy atom. The number of esters is 1. The van der Waals surface area contributed by atoms with Gasteiger partial charge in [-0.2, -0.15) is 0 Å². The first-order valence-electron chi connectivity index (χ1n) is 5.56. The summed E-state index contributed by atoms with van der Waals surface area (Å²) in [5, 5.41) is 0. The summed E-state index contributed by atoms with van der Waals surface area (Å²) >= 11 is 0. The van der Waals surface area contributed by atoms with Crippen LogP contribution in [0.15, 0.2) is 10.8 Å². The topological polar surface area (TPSA) is 117 Å². The quantitative estimate of drug-likeness (QED) is 0.338. The first kappa shape index (κ1) is 15.1. The molecule has 0 saturated carbocycles. The smallest absolute Gasteiger partial charge is 0.332 e. The average molecular weight is 271 g/mol. The Balaban J connectivity index is 2.44. The molecule has 0 aliphatic rings. The van der Waals surface area contributed by atoms with Crippen molar-refractivity contribution in [2.24, 2.45) is 5.84 Å². The van der Waals surface area contributed by atoms with E-state index in [4.69, 9.17) is 19.7 Å². The number of carbonyl (C=O) groups excluding carboxylic acids is 2. The van der Waals surface area contributed by atoms with Crippen molar-refractivity contribution in [2.45, 2.75) is 33.0 Å². The summed E-state index contributed by atoms with van der Waals surface area (Å²) in [4.78, 5) is 26.3. The van der Waals surface area contributed by atoms with Gasteiger partial charge in [-0.25, -0.2) is 15.6 Å². The molecule has 8 nitrogen and oxygen atoms in total. The van der Waals surface area contributed by atoms with Crippen molar-refractivity contribution >= 4 is 11.9 Å². The molecule has 8 heteroatoms. The molecule has 1 aromatic rings. The van der Waals surface area contributed by atoms with Crippen LogP contribution >= 0.6 is 0 Å². The number of nitrogens with two attached hydrogens (primary N) is 1. The number of rotatable bonds is 5. The summed E-state index contributed by atoms with van der Waals surface area (Å²) < 4.78 is 15.1. The first-order valence-corrected chi connectivity index (χ1v) is 5.56. The molecule has 1 amide bonds. The van der Waals surface area contributed by atoms with E-state index < -0.39 is 17.5 Å². The van der Waals surface area contributed by atoms with Gasteiger partial charge < -0.3 is 13.9 Å². The van der Waals surface area contributed by atoms with E-state index in [9.17, 15) is 9.59 Å². The first-order chi connectivity index (χ1) is 8.83. The number of amides is 1. The van der Waals surface area contributed by atoms with Crippen LogP contribution in [0.3, 0.4) is 0 Å². The minimum atomic E-state index is -0.593. The van der Waals surface area contributed by atoms with Gasteiger partial charge in [0.25, 0.3) is 5.91 Å². The highest BCUT2D eigenvalue weighted by atomic mass is 16.6. The lowest BCUT2D eigenvalue weighted by atomic mass is 10.2. The van der Waals surface area contributed by atoms with Crippen LogP contribution in [0.1, 0.15) is 37.0 Å². The Bertz CT molecular complexity index is 449. The van der Waals surface area contributed by atoms with Gasteiger partial charge in [-0.3, -0.25) is 10.2 Å². The third kappa shape index (κ3) is 5.06. The lowest BCUT2D eigenvalue weighted by molar-refractivity contribution is -0.160. The molecule has 0 aliphatic carbocycles. The summed E-state index contributed by atoms with van der Waals surface area (Å²) in [5.74, 6) is 4.07. The lowest BCUT2D eigenvalue weighted by Gasteiger charge is -2.19. The molecule has 0 radical (unpaired) electrons. The van der Waals surface area contributed by atoms with Crippen molar-refractivity contribution in [3.05, 3.63) is 17.8 Å². The standard InChI is InChI=1S/C11H17N3O5/c1-11(2,3)19-8(15)5-17-4-7-9(10(16)14-12)13-6-18-7/h6H,4-5,12H2,1-3H3,(H,14,16). The van der Waals surface area contributed by atoms with Crippen molar-refractivity contribution in [3.8, 4) is 0 Å². The number of hydrogen-bond donors (Lipinski definition) is 2. The van der Waals surface area contributed by atoms with Crippen molar-refractivity contribution in [1.82, 2.24) is 10.4 Å². The third-order valence-corrected chi connectivity index (χ3v) is 1.86. The molecule has 3 N–H and O–H groups in total. The fourth-order valence-corrected chi connectivity index (χ4v) is 1.22. The molecule has 1 rings (SSSR count). The van der Waals surface area contributed by atoms with Crippen molar-refractivity contribution in [3.63, 3.8) is 0 Å². The van der Waals surface area contributed by atoms with E-state index in [1.165, 1.54) is 0 Å². The largest absolute Gasteiger partial charge is 0.458 e. The highest BCUT2D eigenvalue weighted by Gasteiger charge is 2.18. The van der Waals surface area contributed by atoms with E-state index in [-0.39, 0.29) is 24.7 Å². The molecule has 0 unspecified atom stereocenters. The van der Waals surface area contributed by atoms with Gasteiger partial charge >= 0.3 is 5.97 Å². The number of carbonyl (C=O) groups is 2. The molecule has 0 atom stereocenters. The van der Waals surface area contributed by atoms with Crippen LogP contribution in [0.5, 0.6) is 0 Å². The fourth-order valence-electron chi connectivity index (χ4n) is 1.22. The second kappa shape index (κ2) is 6.30. The van der Waals surface area contributed by atoms with Crippen molar-refractivity contribution < 1.29 is 23.5 Å². The Morgan fingerprint density at radius 3 is 2.74 bits per heavy atom. The van der Waals surface area contributed by atoms with Crippen molar-refractivity contribution in [2.75, 3.05) is 6.61 Å². The maximum Gasteiger partial charge on any atom is 0.332 e. The summed E-state index contributed by atoms with van der Waals surface area (Å²) in [6.45, 7) is 4.94. The van der Waals surface area contributed by atoms with Crippen LogP contribution < -0.4 is 11.3 Å². The molecular weight excluding hydrogens is 254 g/mol. The van der Waals surface area contributed by atoms with Gasteiger partial charge in [0.05, 0.1) is 0 Å².